The van der Waals surface area contributed by atoms with E-state index in [2.05, 4.69) is 10.6 Å². The summed E-state index contributed by atoms with van der Waals surface area (Å²) >= 11 is 0. The molecule has 1 spiro atoms. The van der Waals surface area contributed by atoms with E-state index in [1.54, 1.807) is 4.90 Å². The molecule has 0 radical (unpaired) electrons. The first-order chi connectivity index (χ1) is 14.5. The summed E-state index contributed by atoms with van der Waals surface area (Å²) in [6.07, 6.45) is 7.56. The Morgan fingerprint density at radius 3 is 2.67 bits per heavy atom. The summed E-state index contributed by atoms with van der Waals surface area (Å²) in [6.45, 7) is 2.80. The molecule has 5 atom stereocenters. The second-order valence-corrected chi connectivity index (χ2v) is 9.30. The van der Waals surface area contributed by atoms with Crippen LogP contribution in [0.2, 0.25) is 0 Å². The highest BCUT2D eigenvalue weighted by atomic mass is 16.5. The summed E-state index contributed by atoms with van der Waals surface area (Å²) in [5, 5.41) is 15.4. The van der Waals surface area contributed by atoms with Crippen molar-refractivity contribution in [1.82, 2.24) is 15.5 Å². The molecular formula is C22H35N3O5. The predicted molar refractivity (Wildman–Crippen MR) is 109 cm³/mol. The summed E-state index contributed by atoms with van der Waals surface area (Å²) in [4.78, 5) is 41.4. The van der Waals surface area contributed by atoms with Crippen LogP contribution in [0.15, 0.2) is 0 Å². The number of hydrogen-bond donors (Lipinski definition) is 3. The second-order valence-electron chi connectivity index (χ2n) is 9.30. The van der Waals surface area contributed by atoms with Gasteiger partial charge in [0.2, 0.25) is 17.7 Å². The maximum atomic E-state index is 13.5. The third kappa shape index (κ3) is 3.51. The zero-order valence-electron chi connectivity index (χ0n) is 17.9. The van der Waals surface area contributed by atoms with Gasteiger partial charge in [0, 0.05) is 25.7 Å². The van der Waals surface area contributed by atoms with Crippen molar-refractivity contribution in [2.75, 3.05) is 19.7 Å². The van der Waals surface area contributed by atoms with Crippen molar-refractivity contribution in [3.05, 3.63) is 0 Å². The van der Waals surface area contributed by atoms with E-state index in [0.717, 1.165) is 32.1 Å². The van der Waals surface area contributed by atoms with Gasteiger partial charge in [0.15, 0.2) is 0 Å². The van der Waals surface area contributed by atoms with E-state index >= 15 is 0 Å². The maximum Gasteiger partial charge on any atom is 0.246 e. The van der Waals surface area contributed by atoms with Gasteiger partial charge in [-0.3, -0.25) is 14.4 Å². The molecule has 30 heavy (non-hydrogen) atoms. The molecule has 3 heterocycles. The van der Waals surface area contributed by atoms with Crippen molar-refractivity contribution in [2.45, 2.75) is 88.5 Å². The smallest absolute Gasteiger partial charge is 0.246 e. The fourth-order valence-corrected chi connectivity index (χ4v) is 6.13. The SMILES string of the molecule is CCCNC(=O)[C@@H]1[C@@H]2CCC3(O2)C(C(=O)NC2CCCCC2)N(CCCO)C(=O)[C@H]13. The number of carbonyl (C=O) groups excluding carboxylic acids is 3. The topological polar surface area (TPSA) is 108 Å². The minimum atomic E-state index is -0.926. The van der Waals surface area contributed by atoms with Crippen LogP contribution in [0.3, 0.4) is 0 Å². The minimum Gasteiger partial charge on any atom is -0.396 e. The van der Waals surface area contributed by atoms with Gasteiger partial charge in [-0.15, -0.1) is 0 Å². The van der Waals surface area contributed by atoms with Gasteiger partial charge in [-0.05, 0) is 38.5 Å². The van der Waals surface area contributed by atoms with Gasteiger partial charge in [0.05, 0.1) is 17.9 Å². The Kier molecular flexibility index (Phi) is 6.34. The van der Waals surface area contributed by atoms with Crippen LogP contribution >= 0.6 is 0 Å². The number of ether oxygens (including phenoxy) is 1. The van der Waals surface area contributed by atoms with Crippen LogP contribution in [0.1, 0.15) is 64.7 Å². The van der Waals surface area contributed by atoms with E-state index in [1.165, 1.54) is 6.42 Å². The van der Waals surface area contributed by atoms with Crippen LogP contribution in [0.5, 0.6) is 0 Å². The van der Waals surface area contributed by atoms with Crippen molar-refractivity contribution in [3.8, 4) is 0 Å². The fourth-order valence-electron chi connectivity index (χ4n) is 6.13. The van der Waals surface area contributed by atoms with Gasteiger partial charge in [0.1, 0.15) is 11.6 Å². The standard InChI is InChI=1S/C22H35N3O5/c1-2-11-23-19(27)16-15-9-10-22(30-15)17(16)21(29)25(12-6-13-26)18(22)20(28)24-14-7-4-3-5-8-14/h14-18,26H,2-13H2,1H3,(H,23,27)(H,24,28)/t15-,16+,17-,18?,22?/m0/s1. The number of nitrogens with zero attached hydrogens (tertiary/aromatic N) is 1. The molecule has 3 amide bonds. The number of hydrogen-bond acceptors (Lipinski definition) is 5. The highest BCUT2D eigenvalue weighted by Gasteiger charge is 2.74. The molecule has 8 nitrogen and oxygen atoms in total. The number of amides is 3. The molecule has 3 aliphatic heterocycles. The van der Waals surface area contributed by atoms with Gasteiger partial charge in [0.25, 0.3) is 0 Å². The number of nitrogens with one attached hydrogen (secondary N) is 2. The Morgan fingerprint density at radius 2 is 1.97 bits per heavy atom. The molecule has 4 fully saturated rings. The summed E-state index contributed by atoms with van der Waals surface area (Å²) in [7, 11) is 0. The second kappa shape index (κ2) is 8.83. The molecule has 1 saturated carbocycles. The molecule has 3 saturated heterocycles. The molecular weight excluding hydrogens is 386 g/mol. The first-order valence-corrected chi connectivity index (χ1v) is 11.7. The van der Waals surface area contributed by atoms with E-state index in [4.69, 9.17) is 4.74 Å². The summed E-state index contributed by atoms with van der Waals surface area (Å²) < 4.78 is 6.35. The zero-order chi connectivity index (χ0) is 21.3. The predicted octanol–water partition coefficient (Wildman–Crippen LogP) is 0.719. The lowest BCUT2D eigenvalue weighted by molar-refractivity contribution is -0.142. The van der Waals surface area contributed by atoms with E-state index < -0.39 is 23.5 Å². The van der Waals surface area contributed by atoms with Crippen molar-refractivity contribution in [3.63, 3.8) is 0 Å². The lowest BCUT2D eigenvalue weighted by Crippen LogP contribution is -2.57. The van der Waals surface area contributed by atoms with E-state index in [1.807, 2.05) is 6.92 Å². The lowest BCUT2D eigenvalue weighted by Gasteiger charge is -2.35. The molecule has 0 aromatic heterocycles. The Hall–Kier alpha value is -1.67. The van der Waals surface area contributed by atoms with Crippen molar-refractivity contribution in [1.29, 1.82) is 0 Å². The molecule has 4 rings (SSSR count). The average molecular weight is 422 g/mol. The zero-order valence-corrected chi connectivity index (χ0v) is 17.9. The third-order valence-electron chi connectivity index (χ3n) is 7.41. The van der Waals surface area contributed by atoms with Gasteiger partial charge in [-0.2, -0.15) is 0 Å². The molecule has 0 aromatic rings. The molecule has 1 aliphatic carbocycles. The van der Waals surface area contributed by atoms with Gasteiger partial charge in [-0.1, -0.05) is 26.2 Å². The quantitative estimate of drug-likeness (QED) is 0.535. The number of aliphatic hydroxyl groups excluding tert-OH is 1. The van der Waals surface area contributed by atoms with Crippen LogP contribution in [0, 0.1) is 11.8 Å². The Morgan fingerprint density at radius 1 is 1.20 bits per heavy atom. The van der Waals surface area contributed by atoms with E-state index in [-0.39, 0.29) is 36.5 Å². The largest absolute Gasteiger partial charge is 0.396 e. The Bertz CT molecular complexity index is 680. The molecule has 4 aliphatic rings. The molecule has 0 aromatic carbocycles. The van der Waals surface area contributed by atoms with Crippen LogP contribution in [-0.2, 0) is 19.1 Å². The maximum absolute atomic E-state index is 13.5. The molecule has 168 valence electrons. The molecule has 8 heteroatoms. The lowest BCUT2D eigenvalue weighted by atomic mass is 9.70. The molecule has 3 N–H and O–H groups in total. The van der Waals surface area contributed by atoms with Crippen LogP contribution in [0.25, 0.3) is 0 Å². The van der Waals surface area contributed by atoms with Crippen LogP contribution < -0.4 is 10.6 Å². The number of carbonyl (C=O) groups is 3. The minimum absolute atomic E-state index is 0.0533. The van der Waals surface area contributed by atoms with Crippen LogP contribution in [-0.4, -0.2) is 71.2 Å². The van der Waals surface area contributed by atoms with Crippen molar-refractivity contribution < 1.29 is 24.2 Å². The first kappa shape index (κ1) is 21.6. The number of rotatable bonds is 8. The summed E-state index contributed by atoms with van der Waals surface area (Å²) in [6, 6.07) is -0.587. The van der Waals surface area contributed by atoms with Gasteiger partial charge < -0.3 is 25.4 Å². The number of aliphatic hydroxyl groups is 1. The number of likely N-dealkylation sites (tertiary alicyclic amines) is 1. The summed E-state index contributed by atoms with van der Waals surface area (Å²) in [5.41, 5.74) is -0.926. The van der Waals surface area contributed by atoms with E-state index in [9.17, 15) is 19.5 Å². The van der Waals surface area contributed by atoms with E-state index in [0.29, 0.717) is 32.4 Å². The fraction of sp³-hybridized carbons (Fsp3) is 0.864. The molecule has 2 bridgehead atoms. The highest BCUT2D eigenvalue weighted by molar-refractivity contribution is 5.99. The Balaban J connectivity index is 1.60. The van der Waals surface area contributed by atoms with Crippen molar-refractivity contribution >= 4 is 17.7 Å². The summed E-state index contributed by atoms with van der Waals surface area (Å²) in [5.74, 6) is -1.63. The number of fused-ring (bicyclic) bond motifs is 1. The average Bonchev–Trinajstić information content (AvgIpc) is 3.38. The van der Waals surface area contributed by atoms with Gasteiger partial charge >= 0.3 is 0 Å². The normalized spacial score (nSPS) is 35.5. The third-order valence-corrected chi connectivity index (χ3v) is 7.41. The first-order valence-electron chi connectivity index (χ1n) is 11.7. The molecule has 2 unspecified atom stereocenters. The van der Waals surface area contributed by atoms with Gasteiger partial charge in [-0.25, -0.2) is 0 Å². The monoisotopic (exact) mass is 421 g/mol. The van der Waals surface area contributed by atoms with Crippen LogP contribution in [0.4, 0.5) is 0 Å². The Labute approximate surface area is 178 Å². The highest BCUT2D eigenvalue weighted by Crippen LogP contribution is 2.58. The van der Waals surface area contributed by atoms with Crippen molar-refractivity contribution in [2.24, 2.45) is 11.8 Å².